The number of rotatable bonds is 4. The van der Waals surface area contributed by atoms with Gasteiger partial charge in [-0.05, 0) is 18.9 Å². The number of hydrogen-bond donors (Lipinski definition) is 1. The van der Waals surface area contributed by atoms with E-state index >= 15 is 0 Å². The summed E-state index contributed by atoms with van der Waals surface area (Å²) in [5, 5.41) is 3.07. The molecule has 0 aromatic heterocycles. The topological polar surface area (TPSA) is 32.3 Å². The summed E-state index contributed by atoms with van der Waals surface area (Å²) in [6, 6.07) is 0. The average molecular weight is 184 g/mol. The van der Waals surface area contributed by atoms with E-state index in [9.17, 15) is 4.79 Å². The lowest BCUT2D eigenvalue weighted by atomic mass is 9.95. The van der Waals surface area contributed by atoms with Crippen molar-refractivity contribution in [2.75, 3.05) is 26.7 Å². The molecule has 0 aromatic carbocycles. The molecule has 3 heteroatoms. The molecule has 1 heterocycles. The highest BCUT2D eigenvalue weighted by atomic mass is 16.2. The summed E-state index contributed by atoms with van der Waals surface area (Å²) in [5.41, 5.74) is 0. The van der Waals surface area contributed by atoms with Gasteiger partial charge in [0.05, 0.1) is 0 Å². The molecule has 0 radical (unpaired) electrons. The van der Waals surface area contributed by atoms with E-state index in [0.29, 0.717) is 17.7 Å². The molecule has 0 bridgehead atoms. The van der Waals surface area contributed by atoms with E-state index < -0.39 is 0 Å². The molecule has 76 valence electrons. The van der Waals surface area contributed by atoms with Crippen molar-refractivity contribution in [3.8, 4) is 0 Å². The number of hydrogen-bond acceptors (Lipinski definition) is 2. The number of carbonyl (C=O) groups is 1. The van der Waals surface area contributed by atoms with E-state index in [-0.39, 0.29) is 0 Å². The van der Waals surface area contributed by atoms with Crippen LogP contribution in [-0.4, -0.2) is 37.5 Å². The second-order valence-corrected chi connectivity index (χ2v) is 4.15. The zero-order valence-corrected chi connectivity index (χ0v) is 8.84. The molecule has 1 amide bonds. The lowest BCUT2D eigenvalue weighted by molar-refractivity contribution is -0.127. The molecule has 0 saturated carbocycles. The Morgan fingerprint density at radius 2 is 2.31 bits per heavy atom. The van der Waals surface area contributed by atoms with Crippen LogP contribution < -0.4 is 5.32 Å². The molecule has 0 aliphatic carbocycles. The first-order valence-corrected chi connectivity index (χ1v) is 5.07. The molecule has 1 aliphatic rings. The Bertz CT molecular complexity index is 180. The fourth-order valence-electron chi connectivity index (χ4n) is 1.71. The molecule has 1 unspecified atom stereocenters. The third-order valence-electron chi connectivity index (χ3n) is 2.82. The molecule has 0 aromatic rings. The van der Waals surface area contributed by atoms with Gasteiger partial charge in [-0.2, -0.15) is 0 Å². The Morgan fingerprint density at radius 3 is 2.77 bits per heavy atom. The van der Waals surface area contributed by atoms with E-state index in [4.69, 9.17) is 0 Å². The Balaban J connectivity index is 2.37. The SMILES string of the molecule is CNCCN1CC(C(C)C)CC1=O. The van der Waals surface area contributed by atoms with Crippen molar-refractivity contribution in [2.45, 2.75) is 20.3 Å². The van der Waals surface area contributed by atoms with Gasteiger partial charge in [-0.3, -0.25) is 4.79 Å². The molecule has 0 spiro atoms. The van der Waals surface area contributed by atoms with E-state index in [0.717, 1.165) is 26.1 Å². The summed E-state index contributed by atoms with van der Waals surface area (Å²) in [5.74, 6) is 1.53. The van der Waals surface area contributed by atoms with Crippen molar-refractivity contribution in [1.29, 1.82) is 0 Å². The van der Waals surface area contributed by atoms with Crippen molar-refractivity contribution < 1.29 is 4.79 Å². The summed E-state index contributed by atoms with van der Waals surface area (Å²) < 4.78 is 0. The van der Waals surface area contributed by atoms with Crippen LogP contribution in [0.3, 0.4) is 0 Å². The summed E-state index contributed by atoms with van der Waals surface area (Å²) in [6.45, 7) is 7.10. The molecule has 1 aliphatic heterocycles. The quantitative estimate of drug-likeness (QED) is 0.698. The van der Waals surface area contributed by atoms with Gasteiger partial charge in [0.25, 0.3) is 0 Å². The second kappa shape index (κ2) is 4.61. The zero-order chi connectivity index (χ0) is 9.84. The van der Waals surface area contributed by atoms with Crippen LogP contribution >= 0.6 is 0 Å². The number of likely N-dealkylation sites (N-methyl/N-ethyl adjacent to an activating group) is 1. The third kappa shape index (κ3) is 2.69. The Morgan fingerprint density at radius 1 is 1.62 bits per heavy atom. The molecular weight excluding hydrogens is 164 g/mol. The maximum absolute atomic E-state index is 11.5. The first-order valence-electron chi connectivity index (χ1n) is 5.07. The third-order valence-corrected chi connectivity index (χ3v) is 2.82. The van der Waals surface area contributed by atoms with Gasteiger partial charge in [0.1, 0.15) is 0 Å². The van der Waals surface area contributed by atoms with Crippen molar-refractivity contribution >= 4 is 5.91 Å². The molecule has 1 saturated heterocycles. The van der Waals surface area contributed by atoms with Gasteiger partial charge in [0.15, 0.2) is 0 Å². The number of likely N-dealkylation sites (tertiary alicyclic amines) is 1. The minimum absolute atomic E-state index is 0.328. The maximum atomic E-state index is 11.5. The minimum Gasteiger partial charge on any atom is -0.341 e. The highest BCUT2D eigenvalue weighted by Gasteiger charge is 2.30. The van der Waals surface area contributed by atoms with Gasteiger partial charge in [0.2, 0.25) is 5.91 Å². The van der Waals surface area contributed by atoms with Gasteiger partial charge in [0, 0.05) is 26.1 Å². The fraction of sp³-hybridized carbons (Fsp3) is 0.900. The second-order valence-electron chi connectivity index (χ2n) is 4.15. The fourth-order valence-corrected chi connectivity index (χ4v) is 1.71. The molecule has 1 atom stereocenters. The van der Waals surface area contributed by atoms with Crippen LogP contribution in [0, 0.1) is 11.8 Å². The van der Waals surface area contributed by atoms with Gasteiger partial charge >= 0.3 is 0 Å². The number of carbonyl (C=O) groups excluding carboxylic acids is 1. The lowest BCUT2D eigenvalue weighted by Crippen LogP contribution is -2.32. The minimum atomic E-state index is 0.328. The van der Waals surface area contributed by atoms with Gasteiger partial charge < -0.3 is 10.2 Å². The van der Waals surface area contributed by atoms with Crippen LogP contribution in [0.1, 0.15) is 20.3 Å². The highest BCUT2D eigenvalue weighted by molar-refractivity contribution is 5.78. The summed E-state index contributed by atoms with van der Waals surface area (Å²) in [6.07, 6.45) is 0.751. The van der Waals surface area contributed by atoms with E-state index in [2.05, 4.69) is 19.2 Å². The van der Waals surface area contributed by atoms with Crippen LogP contribution in [0.25, 0.3) is 0 Å². The molecular formula is C10H20N2O. The van der Waals surface area contributed by atoms with E-state index in [1.807, 2.05) is 11.9 Å². The van der Waals surface area contributed by atoms with Gasteiger partial charge in [-0.25, -0.2) is 0 Å². The predicted molar refractivity (Wildman–Crippen MR) is 53.5 cm³/mol. The average Bonchev–Trinajstić information content (AvgIpc) is 2.44. The first kappa shape index (κ1) is 10.5. The maximum Gasteiger partial charge on any atom is 0.222 e. The Kier molecular flexibility index (Phi) is 3.72. The lowest BCUT2D eigenvalue weighted by Gasteiger charge is -2.17. The van der Waals surface area contributed by atoms with Gasteiger partial charge in [-0.1, -0.05) is 13.8 Å². The van der Waals surface area contributed by atoms with Crippen LogP contribution in [-0.2, 0) is 4.79 Å². The summed E-state index contributed by atoms with van der Waals surface area (Å²) in [4.78, 5) is 13.5. The molecule has 1 rings (SSSR count). The standard InChI is InChI=1S/C10H20N2O/c1-8(2)9-6-10(13)12(7-9)5-4-11-3/h8-9,11H,4-7H2,1-3H3. The normalized spacial score (nSPS) is 23.2. The molecule has 3 nitrogen and oxygen atoms in total. The summed E-state index contributed by atoms with van der Waals surface area (Å²) in [7, 11) is 1.92. The molecule has 1 N–H and O–H groups in total. The molecule has 1 fully saturated rings. The highest BCUT2D eigenvalue weighted by Crippen LogP contribution is 2.24. The predicted octanol–water partition coefficient (Wildman–Crippen LogP) is 0.710. The summed E-state index contributed by atoms with van der Waals surface area (Å²) >= 11 is 0. The number of amides is 1. The van der Waals surface area contributed by atoms with Crippen LogP contribution in [0.5, 0.6) is 0 Å². The van der Waals surface area contributed by atoms with Crippen molar-refractivity contribution in [3.05, 3.63) is 0 Å². The Hall–Kier alpha value is -0.570. The van der Waals surface area contributed by atoms with Crippen LogP contribution in [0.15, 0.2) is 0 Å². The molecule has 13 heavy (non-hydrogen) atoms. The van der Waals surface area contributed by atoms with E-state index in [1.54, 1.807) is 0 Å². The van der Waals surface area contributed by atoms with Crippen LogP contribution in [0.2, 0.25) is 0 Å². The van der Waals surface area contributed by atoms with Crippen molar-refractivity contribution in [3.63, 3.8) is 0 Å². The monoisotopic (exact) mass is 184 g/mol. The number of nitrogens with zero attached hydrogens (tertiary/aromatic N) is 1. The van der Waals surface area contributed by atoms with Crippen molar-refractivity contribution in [2.24, 2.45) is 11.8 Å². The Labute approximate surface area is 80.5 Å². The van der Waals surface area contributed by atoms with Crippen molar-refractivity contribution in [1.82, 2.24) is 10.2 Å². The smallest absolute Gasteiger partial charge is 0.222 e. The zero-order valence-electron chi connectivity index (χ0n) is 8.84. The largest absolute Gasteiger partial charge is 0.341 e. The van der Waals surface area contributed by atoms with Gasteiger partial charge in [-0.15, -0.1) is 0 Å². The number of nitrogens with one attached hydrogen (secondary N) is 1. The van der Waals surface area contributed by atoms with Crippen LogP contribution in [0.4, 0.5) is 0 Å². The van der Waals surface area contributed by atoms with E-state index in [1.165, 1.54) is 0 Å². The first-order chi connectivity index (χ1) is 6.15.